The van der Waals surface area contributed by atoms with Gasteiger partial charge in [0.05, 0.1) is 27.1 Å². The van der Waals surface area contributed by atoms with Crippen LogP contribution in [0.3, 0.4) is 0 Å². The van der Waals surface area contributed by atoms with Gasteiger partial charge in [-0.3, -0.25) is 14.3 Å². The van der Waals surface area contributed by atoms with Crippen molar-refractivity contribution < 1.29 is 49.9 Å². The summed E-state index contributed by atoms with van der Waals surface area (Å²) in [5, 5.41) is 13.9. The summed E-state index contributed by atoms with van der Waals surface area (Å²) in [5.41, 5.74) is -4.82. The summed E-state index contributed by atoms with van der Waals surface area (Å²) in [6.45, 7) is 12.0. The van der Waals surface area contributed by atoms with E-state index < -0.39 is 63.7 Å². The molecule has 1 aromatic carbocycles. The third kappa shape index (κ3) is 8.87. The van der Waals surface area contributed by atoms with Crippen LogP contribution in [0.1, 0.15) is 58.6 Å². The first-order valence-corrected chi connectivity index (χ1v) is 15.0. The van der Waals surface area contributed by atoms with Gasteiger partial charge in [-0.2, -0.15) is 13.2 Å². The third-order valence-electron chi connectivity index (χ3n) is 5.23. The lowest BCUT2D eigenvalue weighted by atomic mass is 10.0. The van der Waals surface area contributed by atoms with Crippen molar-refractivity contribution in [2.24, 2.45) is 0 Å². The minimum absolute atomic E-state index is 0. The average Bonchev–Trinajstić information content (AvgIpc) is 3.28. The highest BCUT2D eigenvalue weighted by atomic mass is 32.2. The maximum atomic E-state index is 14.1. The lowest BCUT2D eigenvalue weighted by molar-refractivity contribution is -0.199. The monoisotopic (exact) mass is 643 g/mol. The molecule has 3 amide bonds. The summed E-state index contributed by atoms with van der Waals surface area (Å²) >= 11 is 0. The fourth-order valence-corrected chi connectivity index (χ4v) is 4.64. The third-order valence-corrected chi connectivity index (χ3v) is 6.71. The lowest BCUT2D eigenvalue weighted by Crippen LogP contribution is -2.55. The van der Waals surface area contributed by atoms with E-state index in [0.717, 1.165) is 0 Å². The van der Waals surface area contributed by atoms with Crippen LogP contribution in [-0.4, -0.2) is 68.3 Å². The van der Waals surface area contributed by atoms with Crippen molar-refractivity contribution >= 4 is 43.8 Å². The Balaban J connectivity index is 0. The van der Waals surface area contributed by atoms with E-state index in [4.69, 9.17) is 13.9 Å². The quantitative estimate of drug-likeness (QED) is 0.379. The predicted molar refractivity (Wildman–Crippen MR) is 158 cm³/mol. The molecule has 3 rings (SSSR count). The van der Waals surface area contributed by atoms with Gasteiger partial charge >= 0.3 is 18.4 Å². The number of carbonyl (C=O) groups excluding carboxylic acids is 3. The van der Waals surface area contributed by atoms with Gasteiger partial charge in [0, 0.05) is 9.84 Å². The van der Waals surface area contributed by atoms with Gasteiger partial charge in [-0.15, -0.1) is 19.4 Å². The van der Waals surface area contributed by atoms with Gasteiger partial charge in [0.1, 0.15) is 17.2 Å². The number of fused-ring (bicyclic) bond motifs is 1. The molecule has 17 heteroatoms. The second-order valence-electron chi connectivity index (χ2n) is 11.1. The van der Waals surface area contributed by atoms with Crippen molar-refractivity contribution in [3.8, 4) is 11.5 Å². The van der Waals surface area contributed by atoms with Crippen LogP contribution in [-0.2, 0) is 30.6 Å². The highest BCUT2D eigenvalue weighted by molar-refractivity contribution is 7.85. The van der Waals surface area contributed by atoms with Gasteiger partial charge in [0.2, 0.25) is 17.3 Å². The molecule has 1 aliphatic rings. The number of benzene rings is 1. The van der Waals surface area contributed by atoms with Crippen molar-refractivity contribution in [3.63, 3.8) is 0 Å². The van der Waals surface area contributed by atoms with Crippen LogP contribution < -0.4 is 16.0 Å². The number of hydrogen-bond donors (Lipinski definition) is 3. The summed E-state index contributed by atoms with van der Waals surface area (Å²) in [7, 11) is 0.663. The number of nitrogens with one attached hydrogen (secondary N) is 3. The maximum absolute atomic E-state index is 14.1. The van der Waals surface area contributed by atoms with Gasteiger partial charge in [-0.05, 0) is 66.7 Å². The zero-order valence-corrected chi connectivity index (χ0v) is 26.4. The van der Waals surface area contributed by atoms with Crippen LogP contribution in [0.15, 0.2) is 27.5 Å². The average molecular weight is 644 g/mol. The van der Waals surface area contributed by atoms with Gasteiger partial charge in [0.25, 0.3) is 5.89 Å². The molecular weight excluding hydrogens is 602 g/mol. The van der Waals surface area contributed by atoms with E-state index in [0.29, 0.717) is 6.92 Å². The molecule has 0 radical (unpaired) electrons. The Bertz CT molecular complexity index is 1360. The Morgan fingerprint density at radius 1 is 1.05 bits per heavy atom. The van der Waals surface area contributed by atoms with E-state index in [1.807, 2.05) is 6.66 Å². The van der Waals surface area contributed by atoms with Crippen molar-refractivity contribution in [2.75, 3.05) is 17.7 Å². The normalized spacial score (nSPS) is 18.6. The molecule has 1 aromatic heterocycles. The van der Waals surface area contributed by atoms with Crippen LogP contribution in [0.4, 0.5) is 28.4 Å². The lowest BCUT2D eigenvalue weighted by Gasteiger charge is -2.30. The second-order valence-corrected chi connectivity index (χ2v) is 12.5. The van der Waals surface area contributed by atoms with E-state index >= 15 is 0 Å². The highest BCUT2D eigenvalue weighted by Crippen LogP contribution is 2.39. The largest absolute Gasteiger partial charge is 0.444 e. The van der Waals surface area contributed by atoms with Crippen molar-refractivity contribution in [1.82, 2.24) is 20.8 Å². The molecule has 0 saturated heterocycles. The van der Waals surface area contributed by atoms with Gasteiger partial charge < -0.3 is 24.5 Å². The molecule has 4 atom stereocenters. The number of alkyl carbamates (subject to hydrolysis) is 2. The van der Waals surface area contributed by atoms with E-state index in [1.54, 1.807) is 26.1 Å². The topological polar surface area (TPSA) is 162 Å². The minimum atomic E-state index is -5.05. The smallest absolute Gasteiger partial charge is 0.420 e. The van der Waals surface area contributed by atoms with Crippen LogP contribution in [0.2, 0.25) is 0 Å². The minimum Gasteiger partial charge on any atom is -0.444 e. The Kier molecular flexibility index (Phi) is 10.8. The number of carbonyl (C=O) groups is 3. The van der Waals surface area contributed by atoms with E-state index in [2.05, 4.69) is 30.1 Å². The van der Waals surface area contributed by atoms with E-state index in [1.165, 1.54) is 39.0 Å². The SMILES string of the molecule is CC(C)(C)OC(=O)N[C@H]1CS(=O)c2ccc(-c3nnc([C@@](C)(NC(=O)OC(C)(C)C)C(F)(F)F)o3)cc2NC1=O.CP.[HH].[HH].[HH]. The van der Waals surface area contributed by atoms with Crippen molar-refractivity contribution in [1.29, 1.82) is 0 Å². The standard InChI is InChI=1S/C24H30F3N5O7S.CH5P.3H2/c1-21(2,3)38-19(34)29-14-11-40(36)15-9-8-12(10-13(15)28-16(14)33)17-31-32-18(37-17)23(7,24(25,26)27)30-20(35)39-22(4,5)6;1-2;;;/h8-10,14H,11H2,1-7H3,(H,28,33)(H,29,34)(H,30,35);2H2,1H3;3*1H/t14-,23+,40?;;;;/m0..../s1. The van der Waals surface area contributed by atoms with Gasteiger partial charge in [0.15, 0.2) is 0 Å². The number of alkyl halides is 3. The highest BCUT2D eigenvalue weighted by Gasteiger charge is 2.58. The van der Waals surface area contributed by atoms with E-state index in [9.17, 15) is 31.8 Å². The fourth-order valence-electron chi connectivity index (χ4n) is 3.35. The van der Waals surface area contributed by atoms with E-state index in [-0.39, 0.29) is 32.1 Å². The molecule has 0 spiro atoms. The first-order chi connectivity index (χ1) is 19.2. The molecular formula is C25H41F3N5O7PS. The molecule has 0 bridgehead atoms. The number of rotatable bonds is 4. The maximum Gasteiger partial charge on any atom is 0.420 e. The van der Waals surface area contributed by atoms with Gasteiger partial charge in [-0.25, -0.2) is 9.59 Å². The van der Waals surface area contributed by atoms with Crippen molar-refractivity contribution in [3.05, 3.63) is 24.1 Å². The summed E-state index contributed by atoms with van der Waals surface area (Å²) in [4.78, 5) is 37.3. The Morgan fingerprint density at radius 2 is 1.62 bits per heavy atom. The van der Waals surface area contributed by atoms with Crippen LogP contribution in [0.25, 0.3) is 11.5 Å². The first kappa shape index (κ1) is 34.9. The molecule has 2 aromatic rings. The molecule has 12 nitrogen and oxygen atoms in total. The number of hydrogen-bond acceptors (Lipinski definition) is 9. The number of ether oxygens (including phenoxy) is 2. The number of nitrogens with zero attached hydrogens (tertiary/aromatic N) is 2. The number of aromatic nitrogens is 2. The molecule has 3 N–H and O–H groups in total. The summed E-state index contributed by atoms with van der Waals surface area (Å²) < 4.78 is 70.5. The Hall–Kier alpha value is -3.26. The number of amides is 3. The number of halogens is 3. The zero-order chi connectivity index (χ0) is 32.3. The molecule has 0 fully saturated rings. The molecule has 1 aliphatic heterocycles. The molecule has 0 aliphatic carbocycles. The molecule has 2 unspecified atom stereocenters. The number of anilines is 1. The second kappa shape index (κ2) is 12.9. The van der Waals surface area contributed by atoms with Crippen molar-refractivity contribution in [2.45, 2.75) is 82.3 Å². The van der Waals surface area contributed by atoms with Crippen LogP contribution in [0.5, 0.6) is 0 Å². The Morgan fingerprint density at radius 3 is 2.17 bits per heavy atom. The molecule has 2 heterocycles. The summed E-state index contributed by atoms with van der Waals surface area (Å²) in [6, 6.07) is 2.86. The first-order valence-electron chi connectivity index (χ1n) is 12.5. The summed E-state index contributed by atoms with van der Waals surface area (Å²) in [6.07, 6.45) is -7.28. The molecule has 0 saturated carbocycles. The van der Waals surface area contributed by atoms with Crippen LogP contribution in [0, 0.1) is 0 Å². The molecule has 240 valence electrons. The predicted octanol–water partition coefficient (Wildman–Crippen LogP) is 5.22. The Labute approximate surface area is 250 Å². The molecule has 42 heavy (non-hydrogen) atoms. The van der Waals surface area contributed by atoms with Crippen LogP contribution >= 0.6 is 9.24 Å². The fraction of sp³-hybridized carbons (Fsp3) is 0.560. The zero-order valence-electron chi connectivity index (χ0n) is 24.4. The summed E-state index contributed by atoms with van der Waals surface area (Å²) in [5.74, 6) is -2.27. The van der Waals surface area contributed by atoms with Gasteiger partial charge in [-0.1, -0.05) is 6.66 Å².